The topological polar surface area (TPSA) is 98.4 Å². The van der Waals surface area contributed by atoms with Crippen molar-refractivity contribution in [1.29, 1.82) is 0 Å². The Hall–Kier alpha value is -2.54. The Morgan fingerprint density at radius 1 is 0.773 bits per heavy atom. The molecule has 1 aromatic carbocycles. The maximum atomic E-state index is 12.2. The SMILES string of the molecule is CCCn1c(=O)c2cc3c(=O)n(CCO)c(=O)c3cc2c1=O. The first kappa shape index (κ1) is 14.4. The summed E-state index contributed by atoms with van der Waals surface area (Å²) in [5.41, 5.74) is -1.98. The summed E-state index contributed by atoms with van der Waals surface area (Å²) in [5.74, 6) is 0. The van der Waals surface area contributed by atoms with E-state index in [9.17, 15) is 19.2 Å². The molecule has 0 aliphatic heterocycles. The second-order valence-electron chi connectivity index (χ2n) is 5.19. The molecule has 3 aromatic rings. The molecule has 1 N–H and O–H groups in total. The molecule has 114 valence electrons. The number of aromatic nitrogens is 2. The first-order chi connectivity index (χ1) is 10.5. The van der Waals surface area contributed by atoms with Crippen molar-refractivity contribution >= 4 is 21.5 Å². The fourth-order valence-corrected chi connectivity index (χ4v) is 2.80. The highest BCUT2D eigenvalue weighted by Gasteiger charge is 2.18. The standard InChI is InChI=1S/C15H14N2O5/c1-2-3-16-12(19)8-6-10-11(7-9(8)13(16)20)15(22)17(4-5-18)14(10)21/h6-7,18H,2-5H2,1H3. The Kier molecular flexibility index (Phi) is 3.29. The molecule has 7 nitrogen and oxygen atoms in total. The molecule has 0 aliphatic carbocycles. The van der Waals surface area contributed by atoms with Crippen LogP contribution >= 0.6 is 0 Å². The third-order valence-corrected chi connectivity index (χ3v) is 3.83. The molecule has 2 aromatic heterocycles. The Balaban J connectivity index is 2.47. The van der Waals surface area contributed by atoms with Crippen molar-refractivity contribution in [2.75, 3.05) is 6.61 Å². The van der Waals surface area contributed by atoms with Gasteiger partial charge < -0.3 is 5.11 Å². The molecule has 0 amide bonds. The van der Waals surface area contributed by atoms with Gasteiger partial charge in [-0.05, 0) is 18.6 Å². The summed E-state index contributed by atoms with van der Waals surface area (Å²) in [6.07, 6.45) is 0.632. The molecule has 0 unspecified atom stereocenters. The number of aliphatic hydroxyl groups excluding tert-OH is 1. The summed E-state index contributed by atoms with van der Waals surface area (Å²) in [6, 6.07) is 2.64. The van der Waals surface area contributed by atoms with Crippen LogP contribution in [0.25, 0.3) is 21.5 Å². The third kappa shape index (κ3) is 1.79. The van der Waals surface area contributed by atoms with Gasteiger partial charge in [-0.25, -0.2) is 0 Å². The number of rotatable bonds is 4. The minimum Gasteiger partial charge on any atom is -0.395 e. The van der Waals surface area contributed by atoms with E-state index in [1.54, 1.807) is 0 Å². The Morgan fingerprint density at radius 2 is 1.14 bits per heavy atom. The maximum absolute atomic E-state index is 12.2. The minimum absolute atomic E-state index is 0.108. The minimum atomic E-state index is -0.550. The zero-order chi connectivity index (χ0) is 16.0. The number of aliphatic hydroxyl groups is 1. The van der Waals surface area contributed by atoms with E-state index < -0.39 is 22.2 Å². The number of fused-ring (bicyclic) bond motifs is 2. The van der Waals surface area contributed by atoms with Gasteiger partial charge in [0.15, 0.2) is 0 Å². The summed E-state index contributed by atoms with van der Waals surface area (Å²) in [5, 5.41) is 9.45. The number of hydrogen-bond donors (Lipinski definition) is 1. The quantitative estimate of drug-likeness (QED) is 0.688. The van der Waals surface area contributed by atoms with Gasteiger partial charge in [-0.3, -0.25) is 28.3 Å². The van der Waals surface area contributed by atoms with Gasteiger partial charge in [0, 0.05) is 6.54 Å². The lowest BCUT2D eigenvalue weighted by Crippen LogP contribution is -2.27. The predicted molar refractivity (Wildman–Crippen MR) is 82.3 cm³/mol. The maximum Gasteiger partial charge on any atom is 0.261 e. The zero-order valence-electron chi connectivity index (χ0n) is 12.0. The van der Waals surface area contributed by atoms with E-state index >= 15 is 0 Å². The van der Waals surface area contributed by atoms with E-state index in [1.165, 1.54) is 12.1 Å². The number of benzene rings is 1. The van der Waals surface area contributed by atoms with Crippen LogP contribution in [0.1, 0.15) is 13.3 Å². The summed E-state index contributed by atoms with van der Waals surface area (Å²) in [7, 11) is 0. The van der Waals surface area contributed by atoms with Crippen LogP contribution in [0.2, 0.25) is 0 Å². The highest BCUT2D eigenvalue weighted by molar-refractivity contribution is 5.97. The van der Waals surface area contributed by atoms with Crippen molar-refractivity contribution in [2.24, 2.45) is 0 Å². The molecule has 0 saturated carbocycles. The van der Waals surface area contributed by atoms with Crippen molar-refractivity contribution in [3.8, 4) is 0 Å². The normalized spacial score (nSPS) is 11.7. The highest BCUT2D eigenvalue weighted by atomic mass is 16.3. The van der Waals surface area contributed by atoms with Gasteiger partial charge in [0.2, 0.25) is 0 Å². The van der Waals surface area contributed by atoms with E-state index in [0.717, 1.165) is 9.13 Å². The molecule has 0 aliphatic rings. The average molecular weight is 302 g/mol. The van der Waals surface area contributed by atoms with E-state index in [2.05, 4.69) is 0 Å². The van der Waals surface area contributed by atoms with Gasteiger partial charge in [0.25, 0.3) is 22.2 Å². The van der Waals surface area contributed by atoms with Gasteiger partial charge in [0.1, 0.15) is 0 Å². The lowest BCUT2D eigenvalue weighted by Gasteiger charge is -1.93. The predicted octanol–water partition coefficient (Wildman–Crippen LogP) is -0.685. The zero-order valence-corrected chi connectivity index (χ0v) is 12.0. The van der Waals surface area contributed by atoms with Gasteiger partial charge in [-0.1, -0.05) is 6.92 Å². The molecule has 3 rings (SSSR count). The molecule has 0 spiro atoms. The fourth-order valence-electron chi connectivity index (χ4n) is 2.80. The van der Waals surface area contributed by atoms with Gasteiger partial charge in [0.05, 0.1) is 34.7 Å². The molecule has 0 radical (unpaired) electrons. The van der Waals surface area contributed by atoms with Gasteiger partial charge in [-0.2, -0.15) is 0 Å². The average Bonchev–Trinajstić information content (AvgIpc) is 2.88. The van der Waals surface area contributed by atoms with Crippen molar-refractivity contribution < 1.29 is 5.11 Å². The van der Waals surface area contributed by atoms with Crippen LogP contribution in [0, 0.1) is 0 Å². The van der Waals surface area contributed by atoms with Crippen LogP contribution in [-0.4, -0.2) is 20.8 Å². The molecule has 0 atom stereocenters. The van der Waals surface area contributed by atoms with Gasteiger partial charge >= 0.3 is 0 Å². The smallest absolute Gasteiger partial charge is 0.261 e. The summed E-state index contributed by atoms with van der Waals surface area (Å²) < 4.78 is 2.04. The van der Waals surface area contributed by atoms with Crippen molar-refractivity contribution in [3.05, 3.63) is 53.5 Å². The molecule has 22 heavy (non-hydrogen) atoms. The number of nitrogens with zero attached hydrogens (tertiary/aromatic N) is 2. The second kappa shape index (κ2) is 5.03. The van der Waals surface area contributed by atoms with Crippen LogP contribution in [0.4, 0.5) is 0 Å². The lowest BCUT2D eigenvalue weighted by molar-refractivity contribution is 0.273. The van der Waals surface area contributed by atoms with Crippen LogP contribution in [0.15, 0.2) is 31.3 Å². The molecule has 0 saturated heterocycles. The monoisotopic (exact) mass is 302 g/mol. The molecule has 2 heterocycles. The Bertz CT molecular complexity index is 917. The lowest BCUT2D eigenvalue weighted by atomic mass is 10.1. The third-order valence-electron chi connectivity index (χ3n) is 3.83. The van der Waals surface area contributed by atoms with Crippen LogP contribution in [-0.2, 0) is 13.1 Å². The molecular formula is C15H14N2O5. The summed E-state index contributed by atoms with van der Waals surface area (Å²) in [4.78, 5) is 48.8. The number of hydrogen-bond acceptors (Lipinski definition) is 5. The van der Waals surface area contributed by atoms with Crippen molar-refractivity contribution in [1.82, 2.24) is 9.13 Å². The van der Waals surface area contributed by atoms with Crippen LogP contribution in [0.5, 0.6) is 0 Å². The second-order valence-corrected chi connectivity index (χ2v) is 5.19. The first-order valence-electron chi connectivity index (χ1n) is 7.02. The highest BCUT2D eigenvalue weighted by Crippen LogP contribution is 2.14. The fraction of sp³-hybridized carbons (Fsp3) is 0.333. The summed E-state index contributed by atoms with van der Waals surface area (Å²) in [6.45, 7) is 1.70. The Morgan fingerprint density at radius 3 is 1.45 bits per heavy atom. The molecule has 0 bridgehead atoms. The van der Waals surface area contributed by atoms with Crippen LogP contribution in [0.3, 0.4) is 0 Å². The molecule has 0 fully saturated rings. The largest absolute Gasteiger partial charge is 0.395 e. The van der Waals surface area contributed by atoms with Crippen molar-refractivity contribution in [3.63, 3.8) is 0 Å². The Labute approximate surface area is 123 Å². The van der Waals surface area contributed by atoms with E-state index in [-0.39, 0.29) is 34.7 Å². The van der Waals surface area contributed by atoms with Crippen molar-refractivity contribution in [2.45, 2.75) is 26.4 Å². The molecule has 7 heteroatoms. The summed E-state index contributed by atoms with van der Waals surface area (Å²) >= 11 is 0. The first-order valence-corrected chi connectivity index (χ1v) is 7.02. The van der Waals surface area contributed by atoms with Gasteiger partial charge in [-0.15, -0.1) is 0 Å². The van der Waals surface area contributed by atoms with E-state index in [1.807, 2.05) is 6.92 Å². The van der Waals surface area contributed by atoms with Crippen LogP contribution < -0.4 is 22.2 Å². The van der Waals surface area contributed by atoms with E-state index in [0.29, 0.717) is 13.0 Å². The van der Waals surface area contributed by atoms with E-state index in [4.69, 9.17) is 5.11 Å². The molecular weight excluding hydrogens is 288 g/mol.